The summed E-state index contributed by atoms with van der Waals surface area (Å²) in [5, 5.41) is 19.6. The zero-order chi connectivity index (χ0) is 14.3. The number of aliphatic hydroxyl groups is 1. The summed E-state index contributed by atoms with van der Waals surface area (Å²) in [5.41, 5.74) is 1.14. The van der Waals surface area contributed by atoms with E-state index in [1.807, 2.05) is 12.1 Å². The first-order valence-corrected chi connectivity index (χ1v) is 7.10. The summed E-state index contributed by atoms with van der Waals surface area (Å²) >= 11 is 3.44. The summed E-state index contributed by atoms with van der Waals surface area (Å²) in [5.74, 6) is -0.946. The molecule has 0 spiro atoms. The van der Waals surface area contributed by atoms with Crippen LogP contribution in [0.4, 0.5) is 0 Å². The molecule has 104 valence electrons. The number of aromatic carboxylic acids is 1. The van der Waals surface area contributed by atoms with Crippen molar-refractivity contribution in [1.82, 2.24) is 0 Å². The first-order chi connectivity index (χ1) is 9.48. The monoisotopic (exact) mass is 336 g/mol. The second-order valence-corrected chi connectivity index (χ2v) is 6.01. The summed E-state index contributed by atoms with van der Waals surface area (Å²) < 4.78 is 6.29. The summed E-state index contributed by atoms with van der Waals surface area (Å²) in [7, 11) is 0. The molecule has 1 unspecified atom stereocenters. The predicted molar refractivity (Wildman–Crippen MR) is 75.7 cm³/mol. The maximum atomic E-state index is 10.9. The molecule has 20 heavy (non-hydrogen) atoms. The van der Waals surface area contributed by atoms with Gasteiger partial charge in [-0.05, 0) is 48.2 Å². The second-order valence-electron chi connectivity index (χ2n) is 5.09. The van der Waals surface area contributed by atoms with E-state index in [2.05, 4.69) is 22.0 Å². The van der Waals surface area contributed by atoms with Crippen LogP contribution in [0.15, 0.2) is 39.2 Å². The molecule has 1 atom stereocenters. The van der Waals surface area contributed by atoms with Crippen LogP contribution >= 0.6 is 15.9 Å². The number of fused-ring (bicyclic) bond motifs is 1. The minimum Gasteiger partial charge on any atom is -0.475 e. The van der Waals surface area contributed by atoms with E-state index in [1.54, 1.807) is 6.07 Å². The number of hydrogen-bond acceptors (Lipinski definition) is 3. The Morgan fingerprint density at radius 3 is 2.75 bits per heavy atom. The van der Waals surface area contributed by atoms with Crippen LogP contribution in [0.2, 0.25) is 0 Å². The fraction of sp³-hybridized carbons (Fsp3) is 0.267. The van der Waals surface area contributed by atoms with Gasteiger partial charge in [0.15, 0.2) is 0 Å². The van der Waals surface area contributed by atoms with E-state index in [0.29, 0.717) is 18.6 Å². The molecule has 1 aromatic heterocycles. The zero-order valence-electron chi connectivity index (χ0n) is 10.6. The molecule has 1 heterocycles. The van der Waals surface area contributed by atoms with Crippen molar-refractivity contribution in [3.8, 4) is 0 Å². The van der Waals surface area contributed by atoms with E-state index in [1.165, 1.54) is 11.6 Å². The molecule has 0 bridgehead atoms. The molecule has 4 nitrogen and oxygen atoms in total. The largest absolute Gasteiger partial charge is 0.475 e. The van der Waals surface area contributed by atoms with Gasteiger partial charge in [-0.2, -0.15) is 0 Å². The molecule has 3 rings (SSSR count). The molecule has 0 fully saturated rings. The van der Waals surface area contributed by atoms with Crippen LogP contribution in [0.25, 0.3) is 0 Å². The molecular weight excluding hydrogens is 324 g/mol. The quantitative estimate of drug-likeness (QED) is 0.883. The normalized spacial score (nSPS) is 21.5. The Morgan fingerprint density at radius 1 is 1.25 bits per heavy atom. The number of carboxylic acids is 1. The number of aryl methyl sites for hydroxylation is 1. The van der Waals surface area contributed by atoms with Gasteiger partial charge in [-0.15, -0.1) is 0 Å². The average Bonchev–Trinajstić information content (AvgIpc) is 2.90. The summed E-state index contributed by atoms with van der Waals surface area (Å²) in [4.78, 5) is 10.9. The van der Waals surface area contributed by atoms with Crippen molar-refractivity contribution in [1.29, 1.82) is 0 Å². The number of halogens is 1. The highest BCUT2D eigenvalue weighted by molar-refractivity contribution is 9.10. The van der Waals surface area contributed by atoms with Crippen molar-refractivity contribution in [2.24, 2.45) is 0 Å². The van der Waals surface area contributed by atoms with Gasteiger partial charge in [0.25, 0.3) is 0 Å². The first-order valence-electron chi connectivity index (χ1n) is 6.31. The third-order valence-electron chi connectivity index (χ3n) is 3.73. The first kappa shape index (κ1) is 13.4. The lowest BCUT2D eigenvalue weighted by molar-refractivity contribution is 0.00000646. The minimum absolute atomic E-state index is 0.143. The van der Waals surface area contributed by atoms with Crippen LogP contribution in [-0.2, 0) is 18.4 Å². The van der Waals surface area contributed by atoms with E-state index in [-0.39, 0.29) is 5.76 Å². The van der Waals surface area contributed by atoms with Gasteiger partial charge in [-0.1, -0.05) is 22.0 Å². The Labute approximate surface area is 124 Å². The topological polar surface area (TPSA) is 70.7 Å². The molecule has 2 N–H and O–H groups in total. The van der Waals surface area contributed by atoms with Crippen LogP contribution in [0.3, 0.4) is 0 Å². The third kappa shape index (κ3) is 2.27. The van der Waals surface area contributed by atoms with Gasteiger partial charge in [-0.3, -0.25) is 0 Å². The molecule has 0 saturated heterocycles. The standard InChI is InChI=1S/C15H13BrO4/c16-11-2-1-10-8-15(19,6-5-9(10)7-11)13-4-3-12(20-13)14(17)18/h1-4,7,19H,5-6,8H2,(H,17,18). The van der Waals surface area contributed by atoms with E-state index in [9.17, 15) is 9.90 Å². The van der Waals surface area contributed by atoms with Crippen LogP contribution in [-0.4, -0.2) is 16.2 Å². The molecule has 1 aliphatic rings. The lowest BCUT2D eigenvalue weighted by atomic mass is 9.79. The fourth-order valence-corrected chi connectivity index (χ4v) is 3.07. The van der Waals surface area contributed by atoms with E-state index in [4.69, 9.17) is 9.52 Å². The molecule has 0 radical (unpaired) electrons. The van der Waals surface area contributed by atoms with Crippen molar-refractivity contribution in [2.45, 2.75) is 24.9 Å². The molecule has 0 amide bonds. The number of rotatable bonds is 2. The van der Waals surface area contributed by atoms with Crippen molar-refractivity contribution in [3.63, 3.8) is 0 Å². The number of carbonyl (C=O) groups is 1. The van der Waals surface area contributed by atoms with Gasteiger partial charge in [-0.25, -0.2) is 4.79 Å². The van der Waals surface area contributed by atoms with E-state index in [0.717, 1.165) is 16.5 Å². The highest BCUT2D eigenvalue weighted by Crippen LogP contribution is 2.38. The third-order valence-corrected chi connectivity index (χ3v) is 4.23. The maximum Gasteiger partial charge on any atom is 0.371 e. The van der Waals surface area contributed by atoms with Gasteiger partial charge in [0.2, 0.25) is 5.76 Å². The fourth-order valence-electron chi connectivity index (χ4n) is 2.66. The SMILES string of the molecule is O=C(O)c1ccc(C2(O)CCc3cc(Br)ccc3C2)o1. The smallest absolute Gasteiger partial charge is 0.371 e. The Bertz CT molecular complexity index is 676. The van der Waals surface area contributed by atoms with Crippen LogP contribution in [0, 0.1) is 0 Å². The molecule has 0 saturated carbocycles. The van der Waals surface area contributed by atoms with E-state index < -0.39 is 11.6 Å². The molecule has 1 aliphatic carbocycles. The summed E-state index contributed by atoms with van der Waals surface area (Å²) in [6.45, 7) is 0. The highest BCUT2D eigenvalue weighted by atomic mass is 79.9. The van der Waals surface area contributed by atoms with Crippen molar-refractivity contribution >= 4 is 21.9 Å². The van der Waals surface area contributed by atoms with Crippen LogP contribution < -0.4 is 0 Å². The zero-order valence-corrected chi connectivity index (χ0v) is 12.2. The van der Waals surface area contributed by atoms with Gasteiger partial charge in [0, 0.05) is 10.9 Å². The van der Waals surface area contributed by atoms with Gasteiger partial charge in [0.1, 0.15) is 11.4 Å². The number of carboxylic acid groups (broad SMARTS) is 1. The number of furan rings is 1. The molecule has 1 aromatic carbocycles. The van der Waals surface area contributed by atoms with Gasteiger partial charge < -0.3 is 14.6 Å². The highest BCUT2D eigenvalue weighted by Gasteiger charge is 2.37. The molecule has 5 heteroatoms. The maximum absolute atomic E-state index is 10.9. The predicted octanol–water partition coefficient (Wildman–Crippen LogP) is 3.12. The van der Waals surface area contributed by atoms with Crippen molar-refractivity contribution in [3.05, 3.63) is 57.5 Å². The molecular formula is C15H13BrO4. The van der Waals surface area contributed by atoms with Crippen molar-refractivity contribution in [2.75, 3.05) is 0 Å². The number of hydrogen-bond donors (Lipinski definition) is 2. The van der Waals surface area contributed by atoms with Crippen molar-refractivity contribution < 1.29 is 19.4 Å². The minimum atomic E-state index is -1.13. The van der Waals surface area contributed by atoms with E-state index >= 15 is 0 Å². The molecule has 0 aliphatic heterocycles. The van der Waals surface area contributed by atoms with Crippen LogP contribution in [0.1, 0.15) is 33.9 Å². The molecule has 2 aromatic rings. The van der Waals surface area contributed by atoms with Crippen LogP contribution in [0.5, 0.6) is 0 Å². The number of benzene rings is 1. The summed E-state index contributed by atoms with van der Waals surface area (Å²) in [6, 6.07) is 8.90. The Morgan fingerprint density at radius 2 is 2.05 bits per heavy atom. The Kier molecular flexibility index (Phi) is 3.18. The summed E-state index contributed by atoms with van der Waals surface area (Å²) in [6.07, 6.45) is 1.68. The lowest BCUT2D eigenvalue weighted by Crippen LogP contribution is -2.32. The van der Waals surface area contributed by atoms with Gasteiger partial charge >= 0.3 is 5.97 Å². The second kappa shape index (κ2) is 4.75. The average molecular weight is 337 g/mol. The van der Waals surface area contributed by atoms with Gasteiger partial charge in [0.05, 0.1) is 0 Å². The Balaban J connectivity index is 1.94. The lowest BCUT2D eigenvalue weighted by Gasteiger charge is -2.31. The Hall–Kier alpha value is -1.59.